The van der Waals surface area contributed by atoms with Gasteiger partial charge in [-0.05, 0) is 55.2 Å². The molecule has 3 amide bonds. The van der Waals surface area contributed by atoms with E-state index in [1.165, 1.54) is 4.90 Å². The number of aromatic nitrogens is 1. The lowest BCUT2D eigenvalue weighted by Crippen LogP contribution is -2.57. The van der Waals surface area contributed by atoms with Crippen LogP contribution >= 0.6 is 11.8 Å². The Hall–Kier alpha value is -3.05. The molecule has 10 nitrogen and oxygen atoms in total. The number of fused-ring (bicyclic) bond motifs is 1. The van der Waals surface area contributed by atoms with E-state index in [0.717, 1.165) is 22.2 Å². The number of carboxylic acid groups (broad SMARTS) is 1. The summed E-state index contributed by atoms with van der Waals surface area (Å²) in [4.78, 5) is 56.3. The first-order valence-corrected chi connectivity index (χ1v) is 14.4. The first-order valence-electron chi connectivity index (χ1n) is 13.1. The van der Waals surface area contributed by atoms with Crippen molar-refractivity contribution < 1.29 is 24.3 Å². The molecule has 11 heteroatoms. The van der Waals surface area contributed by atoms with Crippen molar-refractivity contribution >= 4 is 46.4 Å². The average Bonchev–Trinajstić information content (AvgIpc) is 3.53. The van der Waals surface area contributed by atoms with E-state index in [-0.39, 0.29) is 24.7 Å². The molecule has 208 valence electrons. The number of nitrogens with two attached hydrogens (primary N) is 1. The minimum Gasteiger partial charge on any atom is -0.480 e. The van der Waals surface area contributed by atoms with Gasteiger partial charge in [0.15, 0.2) is 0 Å². The molecule has 0 radical (unpaired) electrons. The van der Waals surface area contributed by atoms with E-state index in [1.807, 2.05) is 44.4 Å². The van der Waals surface area contributed by atoms with Gasteiger partial charge >= 0.3 is 5.97 Å². The second-order valence-corrected chi connectivity index (χ2v) is 11.2. The summed E-state index contributed by atoms with van der Waals surface area (Å²) in [6.07, 6.45) is 5.79. The zero-order chi connectivity index (χ0) is 27.8. The van der Waals surface area contributed by atoms with Crippen LogP contribution in [-0.2, 0) is 25.6 Å². The molecular weight excluding hydrogens is 506 g/mol. The highest BCUT2D eigenvalue weighted by atomic mass is 32.2. The van der Waals surface area contributed by atoms with Gasteiger partial charge in [-0.15, -0.1) is 0 Å². The molecule has 38 heavy (non-hydrogen) atoms. The Morgan fingerprint density at radius 2 is 1.92 bits per heavy atom. The van der Waals surface area contributed by atoms with Crippen LogP contribution in [-0.4, -0.2) is 81.4 Å². The van der Waals surface area contributed by atoms with Gasteiger partial charge in [0.1, 0.15) is 18.1 Å². The van der Waals surface area contributed by atoms with Crippen LogP contribution in [0, 0.1) is 5.92 Å². The van der Waals surface area contributed by atoms with Crippen LogP contribution in [0.3, 0.4) is 0 Å². The van der Waals surface area contributed by atoms with Crippen LogP contribution in [0.4, 0.5) is 0 Å². The molecular formula is C27H39N5O5S. The molecule has 1 aromatic heterocycles. The summed E-state index contributed by atoms with van der Waals surface area (Å²) in [5.41, 5.74) is 7.81. The Labute approximate surface area is 227 Å². The maximum absolute atomic E-state index is 13.4. The van der Waals surface area contributed by atoms with Crippen molar-refractivity contribution in [2.24, 2.45) is 11.7 Å². The fourth-order valence-corrected chi connectivity index (χ4v) is 5.34. The number of H-pyrrole nitrogens is 1. The third kappa shape index (κ3) is 7.50. The number of carboxylic acids is 1. The first-order chi connectivity index (χ1) is 18.1. The Morgan fingerprint density at radius 1 is 1.18 bits per heavy atom. The van der Waals surface area contributed by atoms with Crippen molar-refractivity contribution in [3.63, 3.8) is 0 Å². The van der Waals surface area contributed by atoms with Crippen molar-refractivity contribution in [2.45, 2.75) is 70.1 Å². The number of nitrogens with one attached hydrogen (secondary N) is 3. The summed E-state index contributed by atoms with van der Waals surface area (Å²) in [6, 6.07) is 4.09. The highest BCUT2D eigenvalue weighted by molar-refractivity contribution is 7.98. The summed E-state index contributed by atoms with van der Waals surface area (Å²) >= 11 is 1.60. The van der Waals surface area contributed by atoms with Crippen LogP contribution in [0.2, 0.25) is 0 Å². The summed E-state index contributed by atoms with van der Waals surface area (Å²) in [7, 11) is 0. The molecule has 3 rings (SSSR count). The van der Waals surface area contributed by atoms with Crippen LogP contribution < -0.4 is 16.4 Å². The largest absolute Gasteiger partial charge is 0.480 e. The number of hydrogen-bond donors (Lipinski definition) is 5. The number of nitrogens with zero attached hydrogens (tertiary/aromatic N) is 1. The molecule has 0 spiro atoms. The second-order valence-electron chi connectivity index (χ2n) is 10.2. The normalized spacial score (nSPS) is 17.8. The van der Waals surface area contributed by atoms with Gasteiger partial charge in [-0.3, -0.25) is 14.4 Å². The van der Waals surface area contributed by atoms with Gasteiger partial charge in [0.25, 0.3) is 0 Å². The van der Waals surface area contributed by atoms with Crippen molar-refractivity contribution in [2.75, 3.05) is 18.6 Å². The summed E-state index contributed by atoms with van der Waals surface area (Å²) in [5.74, 6) is -1.63. The molecule has 0 aliphatic carbocycles. The van der Waals surface area contributed by atoms with Crippen LogP contribution in [0.5, 0.6) is 0 Å². The Balaban J connectivity index is 1.81. The maximum Gasteiger partial charge on any atom is 0.326 e. The number of hydrogen-bond acceptors (Lipinski definition) is 6. The van der Waals surface area contributed by atoms with Crippen molar-refractivity contribution in [1.82, 2.24) is 20.5 Å². The minimum absolute atomic E-state index is 0.0476. The lowest BCUT2D eigenvalue weighted by atomic mass is 10.0. The van der Waals surface area contributed by atoms with Crippen molar-refractivity contribution in [3.8, 4) is 0 Å². The predicted octanol–water partition coefficient (Wildman–Crippen LogP) is 1.88. The third-order valence-electron chi connectivity index (χ3n) is 6.84. The molecule has 6 N–H and O–H groups in total. The van der Waals surface area contributed by atoms with Crippen LogP contribution in [0.1, 0.15) is 45.1 Å². The van der Waals surface area contributed by atoms with E-state index in [2.05, 4.69) is 15.6 Å². The number of benzene rings is 1. The standard InChI is InChI=1S/C27H39N5O5S/c1-16(2)13-22(27(36)37)31-24(33)21(14-17-15-29-20-8-5-4-7-18(17)20)30-25(34)23-9-6-11-32(23)26(35)19(28)10-12-38-3/h4-5,7-8,15-16,19,21-23,29H,6,9-14,28H2,1-3H3,(H,30,34)(H,31,33)(H,36,37). The number of amides is 3. The highest BCUT2D eigenvalue weighted by Crippen LogP contribution is 2.22. The van der Waals surface area contributed by atoms with Crippen LogP contribution in [0.25, 0.3) is 10.9 Å². The fraction of sp³-hybridized carbons (Fsp3) is 0.556. The van der Waals surface area contributed by atoms with Gasteiger partial charge in [0.05, 0.1) is 6.04 Å². The van der Waals surface area contributed by atoms with E-state index in [4.69, 9.17) is 5.73 Å². The zero-order valence-corrected chi connectivity index (χ0v) is 23.1. The van der Waals surface area contributed by atoms with E-state index < -0.39 is 42.0 Å². The van der Waals surface area contributed by atoms with E-state index in [0.29, 0.717) is 25.8 Å². The Morgan fingerprint density at radius 3 is 2.61 bits per heavy atom. The molecule has 2 aromatic rings. The number of carbonyl (C=O) groups is 4. The van der Waals surface area contributed by atoms with Gasteiger partial charge in [-0.2, -0.15) is 11.8 Å². The number of rotatable bonds is 13. The lowest BCUT2D eigenvalue weighted by Gasteiger charge is -2.28. The second kappa shape index (κ2) is 13.7. The fourth-order valence-electron chi connectivity index (χ4n) is 4.85. The van der Waals surface area contributed by atoms with Gasteiger partial charge in [-0.1, -0.05) is 32.0 Å². The number of carbonyl (C=O) groups excluding carboxylic acids is 3. The Bertz CT molecular complexity index is 1140. The summed E-state index contributed by atoms with van der Waals surface area (Å²) in [6.45, 7) is 4.18. The monoisotopic (exact) mass is 545 g/mol. The molecule has 1 saturated heterocycles. The zero-order valence-electron chi connectivity index (χ0n) is 22.2. The number of aliphatic carboxylic acids is 1. The first kappa shape index (κ1) is 29.5. The molecule has 0 saturated carbocycles. The molecule has 1 fully saturated rings. The topological polar surface area (TPSA) is 158 Å². The molecule has 1 aromatic carbocycles. The quantitative estimate of drug-likeness (QED) is 0.257. The average molecular weight is 546 g/mol. The van der Waals surface area contributed by atoms with Crippen molar-refractivity contribution in [3.05, 3.63) is 36.0 Å². The number of aromatic amines is 1. The molecule has 4 atom stereocenters. The molecule has 0 bridgehead atoms. The van der Waals surface area contributed by atoms with Gasteiger partial charge in [0, 0.05) is 30.1 Å². The van der Waals surface area contributed by atoms with E-state index in [1.54, 1.807) is 18.0 Å². The molecule has 2 heterocycles. The Kier molecular flexibility index (Phi) is 10.6. The number of thioether (sulfide) groups is 1. The SMILES string of the molecule is CSCCC(N)C(=O)N1CCCC1C(=O)NC(Cc1c[nH]c2ccccc12)C(=O)NC(CC(C)C)C(=O)O. The summed E-state index contributed by atoms with van der Waals surface area (Å²) < 4.78 is 0. The molecule has 4 unspecified atom stereocenters. The number of likely N-dealkylation sites (tertiary alicyclic amines) is 1. The number of para-hydroxylation sites is 1. The predicted molar refractivity (Wildman–Crippen MR) is 149 cm³/mol. The molecule has 1 aliphatic heterocycles. The van der Waals surface area contributed by atoms with Gasteiger partial charge in [-0.25, -0.2) is 4.79 Å². The van der Waals surface area contributed by atoms with Crippen LogP contribution in [0.15, 0.2) is 30.5 Å². The molecule has 1 aliphatic rings. The van der Waals surface area contributed by atoms with E-state index in [9.17, 15) is 24.3 Å². The van der Waals surface area contributed by atoms with Gasteiger partial charge in [0.2, 0.25) is 17.7 Å². The highest BCUT2D eigenvalue weighted by Gasteiger charge is 2.38. The minimum atomic E-state index is -1.13. The van der Waals surface area contributed by atoms with Gasteiger partial charge < -0.3 is 31.4 Å². The summed E-state index contributed by atoms with van der Waals surface area (Å²) in [5, 5.41) is 16.0. The smallest absolute Gasteiger partial charge is 0.326 e. The maximum atomic E-state index is 13.4. The third-order valence-corrected chi connectivity index (χ3v) is 7.49. The van der Waals surface area contributed by atoms with E-state index >= 15 is 0 Å². The lowest BCUT2D eigenvalue weighted by molar-refractivity contribution is -0.143. The van der Waals surface area contributed by atoms with Crippen molar-refractivity contribution in [1.29, 1.82) is 0 Å².